The normalized spacial score (nSPS) is 21.6. The number of alkyl halides is 3. The standard InChI is InChI=1S/C14H18F3N3/c1-8-5-9(8)7-20(2)12-4-3-10(14(15,16)17)6-11(12)13(18)19/h3-4,6,8-9H,5,7H2,1-2H3,(H3,18,19). The number of amidine groups is 1. The minimum Gasteiger partial charge on any atom is -0.384 e. The summed E-state index contributed by atoms with van der Waals surface area (Å²) in [6.07, 6.45) is -3.29. The molecule has 1 fully saturated rings. The molecule has 3 nitrogen and oxygen atoms in total. The number of nitrogens with two attached hydrogens (primary N) is 1. The lowest BCUT2D eigenvalue weighted by molar-refractivity contribution is -0.137. The number of anilines is 1. The van der Waals surface area contributed by atoms with Crippen LogP contribution in [-0.4, -0.2) is 19.4 Å². The predicted octanol–water partition coefficient (Wildman–Crippen LogP) is 3.08. The molecule has 2 unspecified atom stereocenters. The molecule has 0 bridgehead atoms. The van der Waals surface area contributed by atoms with Gasteiger partial charge in [0.25, 0.3) is 0 Å². The molecule has 0 aliphatic heterocycles. The van der Waals surface area contributed by atoms with E-state index in [0.717, 1.165) is 25.1 Å². The van der Waals surface area contributed by atoms with Crippen molar-refractivity contribution in [3.05, 3.63) is 29.3 Å². The third kappa shape index (κ3) is 3.05. The summed E-state index contributed by atoms with van der Waals surface area (Å²) in [5, 5.41) is 7.49. The Morgan fingerprint density at radius 3 is 2.50 bits per heavy atom. The molecule has 1 aliphatic carbocycles. The average Bonchev–Trinajstić information content (AvgIpc) is 3.02. The van der Waals surface area contributed by atoms with E-state index < -0.39 is 11.7 Å². The Morgan fingerprint density at radius 2 is 2.05 bits per heavy atom. The van der Waals surface area contributed by atoms with Crippen LogP contribution < -0.4 is 10.6 Å². The van der Waals surface area contributed by atoms with Gasteiger partial charge in [-0.3, -0.25) is 5.41 Å². The molecule has 0 spiro atoms. The Balaban J connectivity index is 2.30. The third-order valence-electron chi connectivity index (χ3n) is 3.81. The molecule has 0 aromatic heterocycles. The maximum absolute atomic E-state index is 12.7. The maximum Gasteiger partial charge on any atom is 0.416 e. The van der Waals surface area contributed by atoms with E-state index in [-0.39, 0.29) is 11.4 Å². The fourth-order valence-corrected chi connectivity index (χ4v) is 2.36. The molecule has 2 rings (SSSR count). The first-order valence-corrected chi connectivity index (χ1v) is 6.47. The van der Waals surface area contributed by atoms with Crippen molar-refractivity contribution in [3.63, 3.8) is 0 Å². The first-order chi connectivity index (χ1) is 9.20. The van der Waals surface area contributed by atoms with E-state index in [1.165, 1.54) is 6.07 Å². The average molecular weight is 285 g/mol. The van der Waals surface area contributed by atoms with Crippen LogP contribution in [-0.2, 0) is 6.18 Å². The molecular formula is C14H18F3N3. The molecule has 0 radical (unpaired) electrons. The molecule has 0 saturated heterocycles. The SMILES string of the molecule is CC1CC1CN(C)c1ccc(C(F)(F)F)cc1C(=N)N. The van der Waals surface area contributed by atoms with Crippen LogP contribution in [0.1, 0.15) is 24.5 Å². The molecule has 20 heavy (non-hydrogen) atoms. The van der Waals surface area contributed by atoms with Crippen LogP contribution in [0, 0.1) is 17.2 Å². The van der Waals surface area contributed by atoms with Crippen molar-refractivity contribution in [1.29, 1.82) is 5.41 Å². The van der Waals surface area contributed by atoms with Gasteiger partial charge in [0.15, 0.2) is 0 Å². The number of hydrogen-bond acceptors (Lipinski definition) is 2. The van der Waals surface area contributed by atoms with E-state index in [9.17, 15) is 13.2 Å². The second-order valence-electron chi connectivity index (χ2n) is 5.50. The van der Waals surface area contributed by atoms with Crippen molar-refractivity contribution in [2.45, 2.75) is 19.5 Å². The van der Waals surface area contributed by atoms with Crippen molar-refractivity contribution >= 4 is 11.5 Å². The molecule has 110 valence electrons. The zero-order chi connectivity index (χ0) is 15.1. The van der Waals surface area contributed by atoms with Gasteiger partial charge in [-0.2, -0.15) is 13.2 Å². The van der Waals surface area contributed by atoms with Gasteiger partial charge in [-0.15, -0.1) is 0 Å². The Labute approximate surface area is 116 Å². The van der Waals surface area contributed by atoms with Crippen molar-refractivity contribution in [3.8, 4) is 0 Å². The van der Waals surface area contributed by atoms with E-state index >= 15 is 0 Å². The Hall–Kier alpha value is -1.72. The van der Waals surface area contributed by atoms with Gasteiger partial charge in [0.2, 0.25) is 0 Å². The second kappa shape index (κ2) is 5.00. The fourth-order valence-electron chi connectivity index (χ4n) is 2.36. The van der Waals surface area contributed by atoms with Gasteiger partial charge >= 0.3 is 6.18 Å². The molecule has 1 saturated carbocycles. The van der Waals surface area contributed by atoms with Crippen molar-refractivity contribution in [2.24, 2.45) is 17.6 Å². The van der Waals surface area contributed by atoms with E-state index in [1.54, 1.807) is 0 Å². The molecule has 3 N–H and O–H groups in total. The van der Waals surface area contributed by atoms with Gasteiger partial charge in [0, 0.05) is 24.8 Å². The first kappa shape index (κ1) is 14.7. The quantitative estimate of drug-likeness (QED) is 0.660. The first-order valence-electron chi connectivity index (χ1n) is 6.47. The topological polar surface area (TPSA) is 53.1 Å². The van der Waals surface area contributed by atoms with Crippen LogP contribution in [0.25, 0.3) is 0 Å². The van der Waals surface area contributed by atoms with Crippen LogP contribution in [0.2, 0.25) is 0 Å². The van der Waals surface area contributed by atoms with Crippen molar-refractivity contribution in [2.75, 3.05) is 18.5 Å². The van der Waals surface area contributed by atoms with E-state index in [1.807, 2.05) is 11.9 Å². The number of rotatable bonds is 4. The highest BCUT2D eigenvalue weighted by Gasteiger charge is 2.34. The van der Waals surface area contributed by atoms with Crippen LogP contribution in [0.15, 0.2) is 18.2 Å². The van der Waals surface area contributed by atoms with Gasteiger partial charge in [-0.05, 0) is 36.5 Å². The largest absolute Gasteiger partial charge is 0.416 e. The van der Waals surface area contributed by atoms with Gasteiger partial charge in [0.1, 0.15) is 5.84 Å². The molecule has 2 atom stereocenters. The molecule has 1 aromatic carbocycles. The summed E-state index contributed by atoms with van der Waals surface area (Å²) in [4.78, 5) is 1.88. The van der Waals surface area contributed by atoms with E-state index in [2.05, 4.69) is 6.92 Å². The number of nitrogen functional groups attached to an aromatic ring is 1. The van der Waals surface area contributed by atoms with Gasteiger partial charge < -0.3 is 10.6 Å². The lowest BCUT2D eigenvalue weighted by Crippen LogP contribution is -2.25. The van der Waals surface area contributed by atoms with Crippen molar-refractivity contribution in [1.82, 2.24) is 0 Å². The zero-order valence-corrected chi connectivity index (χ0v) is 11.5. The third-order valence-corrected chi connectivity index (χ3v) is 3.81. The zero-order valence-electron chi connectivity index (χ0n) is 11.5. The number of nitrogens with zero attached hydrogens (tertiary/aromatic N) is 1. The van der Waals surface area contributed by atoms with Crippen LogP contribution >= 0.6 is 0 Å². The minimum absolute atomic E-state index is 0.135. The number of halogens is 3. The van der Waals surface area contributed by atoms with Crippen LogP contribution in [0.5, 0.6) is 0 Å². The monoisotopic (exact) mass is 285 g/mol. The van der Waals surface area contributed by atoms with Gasteiger partial charge in [-0.1, -0.05) is 6.92 Å². The Morgan fingerprint density at radius 1 is 1.45 bits per heavy atom. The fraction of sp³-hybridized carbons (Fsp3) is 0.500. The summed E-state index contributed by atoms with van der Waals surface area (Å²) in [5.41, 5.74) is 5.36. The molecule has 6 heteroatoms. The Bertz CT molecular complexity index is 525. The highest BCUT2D eigenvalue weighted by molar-refractivity contribution is 6.00. The highest BCUT2D eigenvalue weighted by atomic mass is 19.4. The Kier molecular flexibility index (Phi) is 3.67. The summed E-state index contributed by atoms with van der Waals surface area (Å²) in [7, 11) is 1.82. The number of nitrogens with one attached hydrogen (secondary N) is 1. The number of benzene rings is 1. The summed E-state index contributed by atoms with van der Waals surface area (Å²) in [6.45, 7) is 2.92. The summed E-state index contributed by atoms with van der Waals surface area (Å²) >= 11 is 0. The van der Waals surface area contributed by atoms with Gasteiger partial charge in [-0.25, -0.2) is 0 Å². The minimum atomic E-state index is -4.42. The predicted molar refractivity (Wildman–Crippen MR) is 73.0 cm³/mol. The maximum atomic E-state index is 12.7. The second-order valence-corrected chi connectivity index (χ2v) is 5.50. The summed E-state index contributed by atoms with van der Waals surface area (Å²) in [6, 6.07) is 3.38. The molecule has 1 aliphatic rings. The molecular weight excluding hydrogens is 267 g/mol. The molecule has 1 aromatic rings. The summed E-state index contributed by atoms with van der Waals surface area (Å²) in [5.74, 6) is 0.886. The lowest BCUT2D eigenvalue weighted by Gasteiger charge is -2.23. The van der Waals surface area contributed by atoms with E-state index in [4.69, 9.17) is 11.1 Å². The summed E-state index contributed by atoms with van der Waals surface area (Å²) < 4.78 is 38.1. The van der Waals surface area contributed by atoms with Crippen LogP contribution in [0.4, 0.5) is 18.9 Å². The molecule has 0 heterocycles. The van der Waals surface area contributed by atoms with Crippen LogP contribution in [0.3, 0.4) is 0 Å². The smallest absolute Gasteiger partial charge is 0.384 e. The highest BCUT2D eigenvalue weighted by Crippen LogP contribution is 2.39. The number of hydrogen-bond donors (Lipinski definition) is 2. The van der Waals surface area contributed by atoms with Crippen molar-refractivity contribution < 1.29 is 13.2 Å². The molecule has 0 amide bonds. The lowest BCUT2D eigenvalue weighted by atomic mass is 10.1. The van der Waals surface area contributed by atoms with E-state index in [0.29, 0.717) is 17.5 Å². The van der Waals surface area contributed by atoms with Gasteiger partial charge in [0.05, 0.1) is 5.56 Å².